The summed E-state index contributed by atoms with van der Waals surface area (Å²) in [5.74, 6) is -0.131. The molecular formula is C25H33N5O4. The molecule has 2 aliphatic heterocycles. The lowest BCUT2D eigenvalue weighted by Gasteiger charge is -2.30. The largest absolute Gasteiger partial charge is 0.364 e. The lowest BCUT2D eigenvalue weighted by molar-refractivity contribution is -0.127. The molecule has 0 saturated heterocycles. The van der Waals surface area contributed by atoms with Crippen LogP contribution in [0.5, 0.6) is 0 Å². The lowest BCUT2D eigenvalue weighted by atomic mass is 9.98. The van der Waals surface area contributed by atoms with Crippen LogP contribution < -0.4 is 20.9 Å². The van der Waals surface area contributed by atoms with E-state index >= 15 is 0 Å². The van der Waals surface area contributed by atoms with Crippen LogP contribution in [0.25, 0.3) is 0 Å². The molecule has 3 heterocycles. The standard InChI is InChI=1S/C25H33N5O4/c1-4-15(2)21(28-16(3)31)14-26-20-9-8-17-6-5-7-18-12-22(30(23(17)18)25(20)33)24(32)27-13-19-10-11-34-29-19/h5-7,10-11,15,20-22,26H,4,8-9,12-14H2,1-3H3,(H,27,32)(H,28,31)/t15-,20-,21+,22-/m0/s1. The number of benzene rings is 1. The minimum absolute atomic E-state index is 0.0726. The molecule has 0 saturated carbocycles. The van der Waals surface area contributed by atoms with Crippen LogP contribution in [-0.2, 0) is 33.8 Å². The maximum absolute atomic E-state index is 13.8. The van der Waals surface area contributed by atoms with Crippen molar-refractivity contribution in [1.29, 1.82) is 0 Å². The number of carbonyl (C=O) groups is 3. The van der Waals surface area contributed by atoms with E-state index in [-0.39, 0.29) is 36.2 Å². The molecule has 34 heavy (non-hydrogen) atoms. The number of hydrogen-bond acceptors (Lipinski definition) is 6. The smallest absolute Gasteiger partial charge is 0.244 e. The van der Waals surface area contributed by atoms with E-state index in [1.807, 2.05) is 18.2 Å². The van der Waals surface area contributed by atoms with Crippen LogP contribution in [0.3, 0.4) is 0 Å². The van der Waals surface area contributed by atoms with Crippen molar-refractivity contribution in [2.45, 2.75) is 71.1 Å². The van der Waals surface area contributed by atoms with Crippen molar-refractivity contribution >= 4 is 23.4 Å². The molecule has 2 aromatic rings. The van der Waals surface area contributed by atoms with E-state index in [1.54, 1.807) is 11.0 Å². The first-order valence-electron chi connectivity index (χ1n) is 12.0. The predicted octanol–water partition coefficient (Wildman–Crippen LogP) is 1.70. The number of anilines is 1. The van der Waals surface area contributed by atoms with E-state index in [4.69, 9.17) is 4.52 Å². The number of nitrogens with one attached hydrogen (secondary N) is 3. The van der Waals surface area contributed by atoms with E-state index < -0.39 is 12.1 Å². The van der Waals surface area contributed by atoms with Gasteiger partial charge in [-0.1, -0.05) is 43.6 Å². The molecule has 1 aromatic carbocycles. The van der Waals surface area contributed by atoms with Gasteiger partial charge in [-0.05, 0) is 29.9 Å². The van der Waals surface area contributed by atoms with Gasteiger partial charge < -0.3 is 20.5 Å². The molecule has 2 aliphatic rings. The molecule has 3 N–H and O–H groups in total. The SMILES string of the molecule is CC[C@H](C)[C@@H](CN[C@H]1CCc2cccc3c2N(C1=O)[C@H](C(=O)NCc1ccon1)C3)NC(C)=O. The molecular weight excluding hydrogens is 434 g/mol. The summed E-state index contributed by atoms with van der Waals surface area (Å²) in [6.07, 6.45) is 4.23. The normalized spacial score (nSPS) is 20.9. The molecule has 9 nitrogen and oxygen atoms in total. The van der Waals surface area contributed by atoms with Gasteiger partial charge in [0.2, 0.25) is 17.7 Å². The summed E-state index contributed by atoms with van der Waals surface area (Å²) in [4.78, 5) is 40.3. The Kier molecular flexibility index (Phi) is 7.31. The molecule has 0 aliphatic carbocycles. The van der Waals surface area contributed by atoms with Crippen LogP contribution in [0.4, 0.5) is 5.69 Å². The van der Waals surface area contributed by atoms with Crippen molar-refractivity contribution in [2.24, 2.45) is 5.92 Å². The summed E-state index contributed by atoms with van der Waals surface area (Å²) in [6.45, 7) is 6.42. The van der Waals surface area contributed by atoms with Gasteiger partial charge in [0.05, 0.1) is 18.3 Å². The van der Waals surface area contributed by atoms with Gasteiger partial charge in [-0.25, -0.2) is 0 Å². The number of carbonyl (C=O) groups excluding carboxylic acids is 3. The van der Waals surface area contributed by atoms with Crippen molar-refractivity contribution in [3.05, 3.63) is 47.3 Å². The van der Waals surface area contributed by atoms with Crippen LogP contribution in [-0.4, -0.2) is 47.5 Å². The zero-order valence-corrected chi connectivity index (χ0v) is 20.0. The van der Waals surface area contributed by atoms with Crippen LogP contribution in [0.15, 0.2) is 35.1 Å². The third-order valence-corrected chi connectivity index (χ3v) is 6.95. The van der Waals surface area contributed by atoms with Gasteiger partial charge in [0.15, 0.2) is 0 Å². The summed E-state index contributed by atoms with van der Waals surface area (Å²) < 4.78 is 4.83. The molecule has 182 valence electrons. The second kappa shape index (κ2) is 10.4. The van der Waals surface area contributed by atoms with Crippen LogP contribution in [0.1, 0.15) is 50.4 Å². The molecule has 0 bridgehead atoms. The van der Waals surface area contributed by atoms with Gasteiger partial charge >= 0.3 is 0 Å². The molecule has 9 heteroatoms. The van der Waals surface area contributed by atoms with Gasteiger partial charge in [-0.15, -0.1) is 0 Å². The van der Waals surface area contributed by atoms with E-state index in [9.17, 15) is 14.4 Å². The Balaban J connectivity index is 1.52. The van der Waals surface area contributed by atoms with Crippen molar-refractivity contribution in [3.8, 4) is 0 Å². The quantitative estimate of drug-likeness (QED) is 0.517. The monoisotopic (exact) mass is 467 g/mol. The van der Waals surface area contributed by atoms with Crippen LogP contribution >= 0.6 is 0 Å². The highest BCUT2D eigenvalue weighted by atomic mass is 16.5. The molecule has 0 fully saturated rings. The highest BCUT2D eigenvalue weighted by Crippen LogP contribution is 2.39. The Hall–Kier alpha value is -3.20. The third kappa shape index (κ3) is 4.99. The second-order valence-corrected chi connectivity index (χ2v) is 9.25. The zero-order valence-electron chi connectivity index (χ0n) is 20.0. The van der Waals surface area contributed by atoms with Crippen molar-refractivity contribution in [3.63, 3.8) is 0 Å². The average molecular weight is 468 g/mol. The fourth-order valence-corrected chi connectivity index (χ4v) is 4.86. The minimum Gasteiger partial charge on any atom is -0.364 e. The summed E-state index contributed by atoms with van der Waals surface area (Å²) in [6, 6.07) is 6.60. The Morgan fingerprint density at radius 3 is 2.76 bits per heavy atom. The summed E-state index contributed by atoms with van der Waals surface area (Å²) in [7, 11) is 0. The van der Waals surface area contributed by atoms with Gasteiger partial charge in [-0.3, -0.25) is 19.3 Å². The highest BCUT2D eigenvalue weighted by molar-refractivity contribution is 6.06. The first-order valence-corrected chi connectivity index (χ1v) is 12.0. The van der Waals surface area contributed by atoms with E-state index in [2.05, 4.69) is 35.0 Å². The number of aryl methyl sites for hydroxylation is 1. The fraction of sp³-hybridized carbons (Fsp3) is 0.520. The van der Waals surface area contributed by atoms with Crippen molar-refractivity contribution in [1.82, 2.24) is 21.1 Å². The Labute approximate surface area is 199 Å². The Bertz CT molecular complexity index is 1040. The van der Waals surface area contributed by atoms with Crippen molar-refractivity contribution in [2.75, 3.05) is 11.4 Å². The third-order valence-electron chi connectivity index (χ3n) is 6.95. The molecule has 0 radical (unpaired) electrons. The molecule has 4 atom stereocenters. The van der Waals surface area contributed by atoms with E-state index in [0.717, 1.165) is 29.7 Å². The van der Waals surface area contributed by atoms with Gasteiger partial charge in [0.25, 0.3) is 0 Å². The van der Waals surface area contributed by atoms with Crippen molar-refractivity contribution < 1.29 is 18.9 Å². The highest BCUT2D eigenvalue weighted by Gasteiger charge is 2.43. The topological polar surface area (TPSA) is 117 Å². The maximum Gasteiger partial charge on any atom is 0.244 e. The number of aromatic nitrogens is 1. The number of hydrogen-bond donors (Lipinski definition) is 3. The number of rotatable bonds is 9. The molecule has 4 rings (SSSR count). The Morgan fingerprint density at radius 2 is 2.06 bits per heavy atom. The average Bonchev–Trinajstić information content (AvgIpc) is 3.45. The first-order chi connectivity index (χ1) is 16.4. The van der Waals surface area contributed by atoms with Gasteiger partial charge in [0.1, 0.15) is 18.0 Å². The first kappa shape index (κ1) is 23.9. The molecule has 0 spiro atoms. The van der Waals surface area contributed by atoms with Crippen LogP contribution in [0.2, 0.25) is 0 Å². The summed E-state index contributed by atoms with van der Waals surface area (Å²) in [5, 5.41) is 13.1. The summed E-state index contributed by atoms with van der Waals surface area (Å²) in [5.41, 5.74) is 3.60. The lowest BCUT2D eigenvalue weighted by Crippen LogP contribution is -2.55. The zero-order chi connectivity index (χ0) is 24.2. The van der Waals surface area contributed by atoms with Gasteiger partial charge in [0, 0.05) is 32.0 Å². The van der Waals surface area contributed by atoms with Crippen LogP contribution in [0, 0.1) is 5.92 Å². The number of nitrogens with zero attached hydrogens (tertiary/aromatic N) is 2. The second-order valence-electron chi connectivity index (χ2n) is 9.25. The number of para-hydroxylation sites is 1. The minimum atomic E-state index is -0.612. The van der Waals surface area contributed by atoms with E-state index in [1.165, 1.54) is 13.2 Å². The van der Waals surface area contributed by atoms with Gasteiger partial charge in [-0.2, -0.15) is 0 Å². The number of amides is 3. The van der Waals surface area contributed by atoms with E-state index in [0.29, 0.717) is 25.1 Å². The molecule has 0 unspecified atom stereocenters. The Morgan fingerprint density at radius 1 is 1.26 bits per heavy atom. The molecule has 3 amide bonds. The summed E-state index contributed by atoms with van der Waals surface area (Å²) >= 11 is 0. The predicted molar refractivity (Wildman–Crippen MR) is 127 cm³/mol. The maximum atomic E-state index is 13.8. The fourth-order valence-electron chi connectivity index (χ4n) is 4.86. The molecule has 1 aromatic heterocycles.